The largest absolute Gasteiger partial charge is 0.356 e. The van der Waals surface area contributed by atoms with E-state index >= 15 is 0 Å². The van der Waals surface area contributed by atoms with E-state index in [1.54, 1.807) is 29.2 Å². The number of hydrogen-bond acceptors (Lipinski definition) is 7. The summed E-state index contributed by atoms with van der Waals surface area (Å²) in [7, 11) is 0. The molecule has 0 radical (unpaired) electrons. The molecule has 0 bridgehead atoms. The topological polar surface area (TPSA) is 116 Å². The summed E-state index contributed by atoms with van der Waals surface area (Å²) in [5.74, 6) is 0. The van der Waals surface area contributed by atoms with Crippen molar-refractivity contribution in [2.24, 2.45) is 0 Å². The smallest absolute Gasteiger partial charge is 0.151 e. The Hall–Kier alpha value is -4.36. The van der Waals surface area contributed by atoms with E-state index in [2.05, 4.69) is 26.5 Å². The SMILES string of the molecule is N#Cc1cc(-c2cn(Cc3cn4cc(C=O)ccc4n3)nn2)c2cnn(C3CCCCO3)c2c1. The van der Waals surface area contributed by atoms with Gasteiger partial charge in [0.2, 0.25) is 0 Å². The standard InChI is InChI=1S/C24H20N8O2/c25-9-17-7-19(20-10-26-32(22(20)8-17)24-3-1-2-6-34-24)21-14-31(29-28-21)13-18-12-30-11-16(15-33)4-5-23(30)27-18/h4-5,7-8,10-12,14-15,24H,1-3,6,13H2. The maximum atomic E-state index is 11.0. The number of carbonyl (C=O) groups is 1. The number of imidazole rings is 1. The molecule has 4 aromatic heterocycles. The van der Waals surface area contributed by atoms with Gasteiger partial charge in [-0.1, -0.05) is 5.21 Å². The molecule has 0 N–H and O–H groups in total. The van der Waals surface area contributed by atoms with Crippen LogP contribution in [0.3, 0.4) is 0 Å². The van der Waals surface area contributed by atoms with Crippen LogP contribution in [0.25, 0.3) is 27.8 Å². The highest BCUT2D eigenvalue weighted by atomic mass is 16.5. The summed E-state index contributed by atoms with van der Waals surface area (Å²) >= 11 is 0. The molecular weight excluding hydrogens is 432 g/mol. The number of ether oxygens (including phenoxy) is 1. The van der Waals surface area contributed by atoms with Gasteiger partial charge in [-0.3, -0.25) is 4.79 Å². The van der Waals surface area contributed by atoms with Gasteiger partial charge in [-0.05, 0) is 43.5 Å². The molecule has 0 aliphatic carbocycles. The molecule has 1 fully saturated rings. The maximum Gasteiger partial charge on any atom is 0.151 e. The Labute approximate surface area is 194 Å². The predicted molar refractivity (Wildman–Crippen MR) is 122 cm³/mol. The molecule has 10 heteroatoms. The van der Waals surface area contributed by atoms with E-state index in [1.807, 2.05) is 33.6 Å². The number of benzene rings is 1. The first-order valence-electron chi connectivity index (χ1n) is 11.1. The normalized spacial score (nSPS) is 16.1. The van der Waals surface area contributed by atoms with E-state index in [-0.39, 0.29) is 6.23 Å². The summed E-state index contributed by atoms with van der Waals surface area (Å²) < 4.78 is 11.3. The van der Waals surface area contributed by atoms with Crippen molar-refractivity contribution in [2.75, 3.05) is 6.61 Å². The number of rotatable bonds is 5. The Morgan fingerprint density at radius 1 is 1.21 bits per heavy atom. The van der Waals surface area contributed by atoms with Gasteiger partial charge in [0.05, 0.1) is 41.8 Å². The second-order valence-electron chi connectivity index (χ2n) is 8.36. The highest BCUT2D eigenvalue weighted by Gasteiger charge is 2.21. The third-order valence-electron chi connectivity index (χ3n) is 6.07. The number of fused-ring (bicyclic) bond motifs is 2. The Kier molecular flexibility index (Phi) is 4.89. The second-order valence-corrected chi connectivity index (χ2v) is 8.36. The zero-order valence-corrected chi connectivity index (χ0v) is 18.2. The average molecular weight is 452 g/mol. The van der Waals surface area contributed by atoms with Gasteiger partial charge in [0, 0.05) is 35.5 Å². The first-order valence-corrected chi connectivity index (χ1v) is 11.1. The molecule has 10 nitrogen and oxygen atoms in total. The molecule has 6 rings (SSSR count). The van der Waals surface area contributed by atoms with E-state index in [4.69, 9.17) is 4.74 Å². The highest BCUT2D eigenvalue weighted by Crippen LogP contribution is 2.32. The summed E-state index contributed by atoms with van der Waals surface area (Å²) in [5.41, 5.74) is 4.95. The van der Waals surface area contributed by atoms with Gasteiger partial charge in [0.15, 0.2) is 12.5 Å². The lowest BCUT2D eigenvalue weighted by Crippen LogP contribution is -2.18. The van der Waals surface area contributed by atoms with Crippen LogP contribution >= 0.6 is 0 Å². The van der Waals surface area contributed by atoms with Crippen LogP contribution in [-0.4, -0.2) is 47.1 Å². The Morgan fingerprint density at radius 3 is 2.97 bits per heavy atom. The predicted octanol–water partition coefficient (Wildman–Crippen LogP) is 3.37. The third kappa shape index (κ3) is 3.52. The molecule has 1 saturated heterocycles. The fraction of sp³-hybridized carbons (Fsp3) is 0.250. The number of aldehydes is 1. The molecule has 1 aromatic carbocycles. The number of pyridine rings is 1. The zero-order chi connectivity index (χ0) is 23.1. The number of hydrogen-bond donors (Lipinski definition) is 0. The van der Waals surface area contributed by atoms with E-state index in [1.165, 1.54) is 0 Å². The fourth-order valence-electron chi connectivity index (χ4n) is 4.44. The van der Waals surface area contributed by atoms with Crippen molar-refractivity contribution in [3.8, 4) is 17.3 Å². The van der Waals surface area contributed by atoms with Crippen LogP contribution in [-0.2, 0) is 11.3 Å². The lowest BCUT2D eigenvalue weighted by atomic mass is 10.0. The number of carbonyl (C=O) groups excluding carboxylic acids is 1. The highest BCUT2D eigenvalue weighted by molar-refractivity contribution is 5.94. The van der Waals surface area contributed by atoms with Gasteiger partial charge >= 0.3 is 0 Å². The van der Waals surface area contributed by atoms with Crippen molar-refractivity contribution in [1.29, 1.82) is 5.26 Å². The molecule has 1 aliphatic heterocycles. The minimum Gasteiger partial charge on any atom is -0.356 e. The van der Waals surface area contributed by atoms with Crippen LogP contribution in [0.1, 0.15) is 47.1 Å². The van der Waals surface area contributed by atoms with Gasteiger partial charge in [-0.25, -0.2) is 14.3 Å². The quantitative estimate of drug-likeness (QED) is 0.375. The monoisotopic (exact) mass is 452 g/mol. The molecule has 0 spiro atoms. The lowest BCUT2D eigenvalue weighted by Gasteiger charge is -2.23. The number of nitrogens with zero attached hydrogens (tertiary/aromatic N) is 8. The minimum atomic E-state index is -0.126. The summed E-state index contributed by atoms with van der Waals surface area (Å²) in [5, 5.41) is 23.8. The van der Waals surface area contributed by atoms with Crippen molar-refractivity contribution < 1.29 is 9.53 Å². The number of nitriles is 1. The molecule has 168 valence electrons. The third-order valence-corrected chi connectivity index (χ3v) is 6.07. The minimum absolute atomic E-state index is 0.126. The van der Waals surface area contributed by atoms with Crippen LogP contribution in [0.2, 0.25) is 0 Å². The molecule has 34 heavy (non-hydrogen) atoms. The molecular formula is C24H20N8O2. The summed E-state index contributed by atoms with van der Waals surface area (Å²) in [4.78, 5) is 15.6. The van der Waals surface area contributed by atoms with E-state index in [0.29, 0.717) is 30.0 Å². The molecule has 5 heterocycles. The van der Waals surface area contributed by atoms with Crippen LogP contribution < -0.4 is 0 Å². The molecule has 0 amide bonds. The van der Waals surface area contributed by atoms with Gasteiger partial charge in [0.25, 0.3) is 0 Å². The molecule has 5 aromatic rings. The first kappa shape index (κ1) is 20.3. The lowest BCUT2D eigenvalue weighted by molar-refractivity contribution is -0.0366. The van der Waals surface area contributed by atoms with Crippen molar-refractivity contribution in [3.05, 3.63) is 65.9 Å². The molecule has 1 unspecified atom stereocenters. The van der Waals surface area contributed by atoms with E-state index in [9.17, 15) is 10.1 Å². The van der Waals surface area contributed by atoms with Crippen molar-refractivity contribution in [3.63, 3.8) is 0 Å². The summed E-state index contributed by atoms with van der Waals surface area (Å²) in [6, 6.07) is 9.45. The van der Waals surface area contributed by atoms with E-state index < -0.39 is 0 Å². The van der Waals surface area contributed by atoms with Crippen LogP contribution in [0, 0.1) is 11.3 Å². The summed E-state index contributed by atoms with van der Waals surface area (Å²) in [6.07, 6.45) is 11.0. The van der Waals surface area contributed by atoms with Crippen LogP contribution in [0.4, 0.5) is 0 Å². The molecule has 1 aliphatic rings. The Bertz CT molecular complexity index is 1570. The molecule has 1 atom stereocenters. The van der Waals surface area contributed by atoms with Gasteiger partial charge in [0.1, 0.15) is 11.3 Å². The van der Waals surface area contributed by atoms with Crippen molar-refractivity contribution >= 4 is 22.8 Å². The van der Waals surface area contributed by atoms with Crippen molar-refractivity contribution in [2.45, 2.75) is 32.0 Å². The molecule has 0 saturated carbocycles. The fourth-order valence-corrected chi connectivity index (χ4v) is 4.44. The Morgan fingerprint density at radius 2 is 2.15 bits per heavy atom. The maximum absolute atomic E-state index is 11.0. The van der Waals surface area contributed by atoms with Crippen LogP contribution in [0.5, 0.6) is 0 Å². The van der Waals surface area contributed by atoms with E-state index in [0.717, 1.165) is 53.4 Å². The van der Waals surface area contributed by atoms with Gasteiger partial charge in [-0.15, -0.1) is 5.10 Å². The summed E-state index contributed by atoms with van der Waals surface area (Å²) in [6.45, 7) is 1.13. The number of aromatic nitrogens is 7. The zero-order valence-electron chi connectivity index (χ0n) is 18.2. The van der Waals surface area contributed by atoms with Crippen molar-refractivity contribution in [1.82, 2.24) is 34.2 Å². The van der Waals surface area contributed by atoms with Crippen LogP contribution in [0.15, 0.2) is 49.1 Å². The van der Waals surface area contributed by atoms with Gasteiger partial charge < -0.3 is 9.14 Å². The second kappa shape index (κ2) is 8.20. The van der Waals surface area contributed by atoms with Gasteiger partial charge in [-0.2, -0.15) is 10.4 Å². The Balaban J connectivity index is 1.34. The average Bonchev–Trinajstić information content (AvgIpc) is 3.61. The first-order chi connectivity index (χ1) is 16.7.